The summed E-state index contributed by atoms with van der Waals surface area (Å²) in [5.41, 5.74) is 6.61. The summed E-state index contributed by atoms with van der Waals surface area (Å²) in [4.78, 5) is 13.5. The molecule has 1 amide bonds. The summed E-state index contributed by atoms with van der Waals surface area (Å²) in [5.74, 6) is -0.313. The first kappa shape index (κ1) is 12.1. The van der Waals surface area contributed by atoms with E-state index in [-0.39, 0.29) is 18.0 Å². The standard InChI is InChI=1S/C13H18N2O2/c1-10(11-5-3-2-4-6-11)15-7-8-17-9-12(15)13(14)16/h2-6,10,12H,7-9H2,1H3,(H2,14,16)/t10-,12?/m0/s1. The molecule has 2 N–H and O–H groups in total. The summed E-state index contributed by atoms with van der Waals surface area (Å²) in [5, 5.41) is 0. The van der Waals surface area contributed by atoms with Crippen LogP contribution in [0.25, 0.3) is 0 Å². The van der Waals surface area contributed by atoms with Crippen molar-refractivity contribution in [2.75, 3.05) is 19.8 Å². The van der Waals surface area contributed by atoms with Gasteiger partial charge in [-0.15, -0.1) is 0 Å². The Bertz CT molecular complexity index is 380. The smallest absolute Gasteiger partial charge is 0.237 e. The number of amides is 1. The molecule has 0 aliphatic carbocycles. The van der Waals surface area contributed by atoms with Crippen LogP contribution >= 0.6 is 0 Å². The van der Waals surface area contributed by atoms with Crippen LogP contribution in [0.4, 0.5) is 0 Å². The molecule has 4 nitrogen and oxygen atoms in total. The highest BCUT2D eigenvalue weighted by Gasteiger charge is 2.31. The van der Waals surface area contributed by atoms with Crippen LogP contribution in [0.15, 0.2) is 30.3 Å². The summed E-state index contributed by atoms with van der Waals surface area (Å²) >= 11 is 0. The highest BCUT2D eigenvalue weighted by atomic mass is 16.5. The van der Waals surface area contributed by atoms with Crippen LogP contribution in [0.5, 0.6) is 0 Å². The van der Waals surface area contributed by atoms with Crippen molar-refractivity contribution in [3.05, 3.63) is 35.9 Å². The zero-order valence-electron chi connectivity index (χ0n) is 10.0. The lowest BCUT2D eigenvalue weighted by atomic mass is 10.0. The first-order valence-electron chi connectivity index (χ1n) is 5.88. The number of benzene rings is 1. The second-order valence-electron chi connectivity index (χ2n) is 4.32. The summed E-state index contributed by atoms with van der Waals surface area (Å²) in [6, 6.07) is 9.99. The van der Waals surface area contributed by atoms with Crippen LogP contribution < -0.4 is 5.73 Å². The third kappa shape index (κ3) is 2.65. The average molecular weight is 234 g/mol. The van der Waals surface area contributed by atoms with E-state index in [9.17, 15) is 4.79 Å². The second kappa shape index (κ2) is 5.29. The van der Waals surface area contributed by atoms with Gasteiger partial charge in [-0.05, 0) is 12.5 Å². The lowest BCUT2D eigenvalue weighted by Gasteiger charge is -2.38. The van der Waals surface area contributed by atoms with Gasteiger partial charge in [-0.2, -0.15) is 0 Å². The topological polar surface area (TPSA) is 55.6 Å². The van der Waals surface area contributed by atoms with Crippen LogP contribution in [0.2, 0.25) is 0 Å². The molecule has 92 valence electrons. The van der Waals surface area contributed by atoms with Crippen LogP contribution in [-0.4, -0.2) is 36.6 Å². The van der Waals surface area contributed by atoms with Gasteiger partial charge < -0.3 is 10.5 Å². The molecule has 2 atom stereocenters. The van der Waals surface area contributed by atoms with Crippen molar-refractivity contribution in [3.63, 3.8) is 0 Å². The number of nitrogens with zero attached hydrogens (tertiary/aromatic N) is 1. The SMILES string of the molecule is C[C@@H](c1ccccc1)N1CCOCC1C(N)=O. The molecular formula is C13H18N2O2. The van der Waals surface area contributed by atoms with E-state index in [4.69, 9.17) is 10.5 Å². The molecule has 4 heteroatoms. The van der Waals surface area contributed by atoms with Crippen molar-refractivity contribution in [1.82, 2.24) is 4.90 Å². The number of carbonyl (C=O) groups is 1. The molecule has 1 saturated heterocycles. The number of primary amides is 1. The summed E-state index contributed by atoms with van der Waals surface area (Å²) in [6.45, 7) is 3.88. The summed E-state index contributed by atoms with van der Waals surface area (Å²) < 4.78 is 5.32. The zero-order chi connectivity index (χ0) is 12.3. The third-order valence-corrected chi connectivity index (χ3v) is 3.28. The van der Waals surface area contributed by atoms with Crippen LogP contribution in [-0.2, 0) is 9.53 Å². The van der Waals surface area contributed by atoms with Crippen LogP contribution in [0.1, 0.15) is 18.5 Å². The van der Waals surface area contributed by atoms with Gasteiger partial charge in [0.15, 0.2) is 0 Å². The predicted octanol–water partition coefficient (Wildman–Crippen LogP) is 0.934. The fourth-order valence-electron chi connectivity index (χ4n) is 2.25. The van der Waals surface area contributed by atoms with E-state index in [1.165, 1.54) is 5.56 Å². The van der Waals surface area contributed by atoms with Gasteiger partial charge in [-0.25, -0.2) is 0 Å². The molecule has 17 heavy (non-hydrogen) atoms. The van der Waals surface area contributed by atoms with Gasteiger partial charge in [-0.3, -0.25) is 9.69 Å². The van der Waals surface area contributed by atoms with E-state index in [1.54, 1.807) is 0 Å². The normalized spacial score (nSPS) is 23.2. The molecule has 1 aromatic rings. The Morgan fingerprint density at radius 2 is 2.18 bits per heavy atom. The van der Waals surface area contributed by atoms with Crippen LogP contribution in [0, 0.1) is 0 Å². The van der Waals surface area contributed by atoms with Gasteiger partial charge in [0.05, 0.1) is 13.2 Å². The number of carbonyl (C=O) groups excluding carboxylic acids is 1. The Morgan fingerprint density at radius 1 is 1.47 bits per heavy atom. The Morgan fingerprint density at radius 3 is 2.82 bits per heavy atom. The number of rotatable bonds is 3. The fourth-order valence-corrected chi connectivity index (χ4v) is 2.25. The van der Waals surface area contributed by atoms with E-state index >= 15 is 0 Å². The highest BCUT2D eigenvalue weighted by Crippen LogP contribution is 2.23. The first-order valence-corrected chi connectivity index (χ1v) is 5.88. The van der Waals surface area contributed by atoms with Gasteiger partial charge in [0.25, 0.3) is 0 Å². The quantitative estimate of drug-likeness (QED) is 0.846. The zero-order valence-corrected chi connectivity index (χ0v) is 10.0. The van der Waals surface area contributed by atoms with Crippen molar-refractivity contribution in [3.8, 4) is 0 Å². The number of hydrogen-bond donors (Lipinski definition) is 1. The molecule has 1 unspecified atom stereocenters. The largest absolute Gasteiger partial charge is 0.378 e. The van der Waals surface area contributed by atoms with E-state index < -0.39 is 0 Å². The van der Waals surface area contributed by atoms with Crippen molar-refractivity contribution in [1.29, 1.82) is 0 Å². The van der Waals surface area contributed by atoms with Gasteiger partial charge in [-0.1, -0.05) is 30.3 Å². The number of nitrogens with two attached hydrogens (primary N) is 1. The highest BCUT2D eigenvalue weighted by molar-refractivity contribution is 5.80. The molecule has 1 aliphatic rings. The number of ether oxygens (including phenoxy) is 1. The maximum atomic E-state index is 11.4. The molecule has 0 aromatic heterocycles. The second-order valence-corrected chi connectivity index (χ2v) is 4.32. The third-order valence-electron chi connectivity index (χ3n) is 3.28. The first-order chi connectivity index (χ1) is 8.20. The maximum absolute atomic E-state index is 11.4. The lowest BCUT2D eigenvalue weighted by molar-refractivity contribution is -0.131. The van der Waals surface area contributed by atoms with E-state index in [0.29, 0.717) is 13.2 Å². The molecule has 1 aliphatic heterocycles. The number of hydrogen-bond acceptors (Lipinski definition) is 3. The summed E-state index contributed by atoms with van der Waals surface area (Å²) in [6.07, 6.45) is 0. The minimum atomic E-state index is -0.320. The molecule has 0 saturated carbocycles. The Kier molecular flexibility index (Phi) is 3.76. The summed E-state index contributed by atoms with van der Waals surface area (Å²) in [7, 11) is 0. The molecule has 2 rings (SSSR count). The van der Waals surface area contributed by atoms with Crippen molar-refractivity contribution >= 4 is 5.91 Å². The minimum absolute atomic E-state index is 0.178. The van der Waals surface area contributed by atoms with Gasteiger partial charge in [0, 0.05) is 12.6 Å². The lowest BCUT2D eigenvalue weighted by Crippen LogP contribution is -2.53. The predicted molar refractivity (Wildman–Crippen MR) is 65.4 cm³/mol. The Labute approximate surface area is 101 Å². The molecule has 1 heterocycles. The Balaban J connectivity index is 2.16. The molecular weight excluding hydrogens is 216 g/mol. The average Bonchev–Trinajstić information content (AvgIpc) is 2.39. The van der Waals surface area contributed by atoms with Gasteiger partial charge in [0.1, 0.15) is 6.04 Å². The molecule has 1 fully saturated rings. The molecule has 0 spiro atoms. The number of morpholine rings is 1. The van der Waals surface area contributed by atoms with Crippen molar-refractivity contribution in [2.24, 2.45) is 5.73 Å². The fraction of sp³-hybridized carbons (Fsp3) is 0.462. The molecule has 1 aromatic carbocycles. The Hall–Kier alpha value is -1.39. The molecule has 0 bridgehead atoms. The monoisotopic (exact) mass is 234 g/mol. The molecule has 0 radical (unpaired) electrons. The van der Waals surface area contributed by atoms with Crippen molar-refractivity contribution in [2.45, 2.75) is 19.0 Å². The van der Waals surface area contributed by atoms with Gasteiger partial charge >= 0.3 is 0 Å². The maximum Gasteiger partial charge on any atom is 0.237 e. The van der Waals surface area contributed by atoms with Crippen molar-refractivity contribution < 1.29 is 9.53 Å². The minimum Gasteiger partial charge on any atom is -0.378 e. The van der Waals surface area contributed by atoms with E-state index in [2.05, 4.69) is 24.0 Å². The van der Waals surface area contributed by atoms with E-state index in [1.807, 2.05) is 18.2 Å². The van der Waals surface area contributed by atoms with Crippen LogP contribution in [0.3, 0.4) is 0 Å². The van der Waals surface area contributed by atoms with Gasteiger partial charge in [0.2, 0.25) is 5.91 Å². The van der Waals surface area contributed by atoms with E-state index in [0.717, 1.165) is 6.54 Å².